The maximum Gasteiger partial charge on any atom is 0.294 e. The van der Waals surface area contributed by atoms with Gasteiger partial charge in [-0.15, -0.1) is 11.8 Å². The molecule has 0 atom stereocenters. The van der Waals surface area contributed by atoms with Crippen molar-refractivity contribution < 1.29 is 0 Å². The van der Waals surface area contributed by atoms with E-state index < -0.39 is 5.56 Å². The number of nitrogens with zero attached hydrogens (tertiary/aromatic N) is 4. The Morgan fingerprint density at radius 3 is 2.77 bits per heavy atom. The fourth-order valence-electron chi connectivity index (χ4n) is 1.82. The van der Waals surface area contributed by atoms with E-state index in [-0.39, 0.29) is 16.5 Å². The molecule has 2 aromatic rings. The highest BCUT2D eigenvalue weighted by molar-refractivity contribution is 7.98. The van der Waals surface area contributed by atoms with E-state index in [1.807, 2.05) is 12.1 Å². The molecular formula is C14H14N6OS. The first-order chi connectivity index (χ1) is 10.5. The number of nitriles is 1. The van der Waals surface area contributed by atoms with Gasteiger partial charge in [0.1, 0.15) is 11.1 Å². The highest BCUT2D eigenvalue weighted by atomic mass is 32.2. The van der Waals surface area contributed by atoms with E-state index in [4.69, 9.17) is 16.7 Å². The lowest BCUT2D eigenvalue weighted by molar-refractivity contribution is 0.785. The molecule has 0 fully saturated rings. The van der Waals surface area contributed by atoms with E-state index in [1.54, 1.807) is 31.4 Å². The summed E-state index contributed by atoms with van der Waals surface area (Å²) >= 11 is 1.18. The average Bonchev–Trinajstić information content (AvgIpc) is 2.50. The summed E-state index contributed by atoms with van der Waals surface area (Å²) in [5.74, 6) is -0.0726. The van der Waals surface area contributed by atoms with Crippen LogP contribution >= 0.6 is 11.8 Å². The minimum Gasteiger partial charge on any atom is -0.399 e. The molecule has 0 unspecified atom stereocenters. The third kappa shape index (κ3) is 2.94. The highest BCUT2D eigenvalue weighted by Crippen LogP contribution is 2.16. The second-order valence-electron chi connectivity index (χ2n) is 4.39. The van der Waals surface area contributed by atoms with Crippen molar-refractivity contribution in [1.29, 1.82) is 5.26 Å². The monoisotopic (exact) mass is 314 g/mol. The van der Waals surface area contributed by atoms with E-state index in [0.29, 0.717) is 11.4 Å². The minimum absolute atomic E-state index is 0.0726. The number of aromatic nitrogens is 2. The van der Waals surface area contributed by atoms with Gasteiger partial charge in [-0.3, -0.25) is 4.79 Å². The van der Waals surface area contributed by atoms with E-state index in [0.717, 1.165) is 10.2 Å². The molecule has 0 radical (unpaired) electrons. The van der Waals surface area contributed by atoms with Crippen molar-refractivity contribution in [3.05, 3.63) is 45.7 Å². The number of benzene rings is 1. The molecule has 0 amide bonds. The van der Waals surface area contributed by atoms with E-state index in [2.05, 4.69) is 10.1 Å². The Kier molecular flexibility index (Phi) is 4.48. The molecule has 0 aliphatic heterocycles. The van der Waals surface area contributed by atoms with Crippen LogP contribution in [0, 0.1) is 11.3 Å². The zero-order valence-corrected chi connectivity index (χ0v) is 12.9. The largest absolute Gasteiger partial charge is 0.399 e. The van der Waals surface area contributed by atoms with Gasteiger partial charge in [0, 0.05) is 5.69 Å². The SMILES string of the molecule is CSc1nc(N)n(/N=C(\C)c2cccc(N)c2)c(=O)c1C#N. The van der Waals surface area contributed by atoms with Gasteiger partial charge in [0.05, 0.1) is 5.71 Å². The van der Waals surface area contributed by atoms with Crippen molar-refractivity contribution in [1.82, 2.24) is 9.66 Å². The fraction of sp³-hybridized carbons (Fsp3) is 0.143. The quantitative estimate of drug-likeness (QED) is 0.380. The Balaban J connectivity index is 2.61. The molecule has 7 nitrogen and oxygen atoms in total. The molecule has 4 N–H and O–H groups in total. The Labute approximate surface area is 131 Å². The molecule has 0 aliphatic rings. The molecule has 0 saturated carbocycles. The van der Waals surface area contributed by atoms with Crippen LogP contribution in [0.2, 0.25) is 0 Å². The van der Waals surface area contributed by atoms with E-state index in [9.17, 15) is 4.79 Å². The summed E-state index contributed by atoms with van der Waals surface area (Å²) < 4.78 is 0.927. The topological polar surface area (TPSA) is 123 Å². The number of rotatable bonds is 3. The molecule has 112 valence electrons. The second-order valence-corrected chi connectivity index (χ2v) is 5.19. The van der Waals surface area contributed by atoms with Crippen LogP contribution in [0.4, 0.5) is 11.6 Å². The van der Waals surface area contributed by atoms with Crippen LogP contribution < -0.4 is 17.0 Å². The molecule has 1 heterocycles. The summed E-state index contributed by atoms with van der Waals surface area (Å²) in [5.41, 5.74) is 12.7. The van der Waals surface area contributed by atoms with Gasteiger partial charge >= 0.3 is 0 Å². The summed E-state index contributed by atoms with van der Waals surface area (Å²) in [6.07, 6.45) is 1.72. The van der Waals surface area contributed by atoms with Gasteiger partial charge in [-0.1, -0.05) is 12.1 Å². The summed E-state index contributed by atoms with van der Waals surface area (Å²) in [5, 5.41) is 13.6. The van der Waals surface area contributed by atoms with Crippen LogP contribution in [0.5, 0.6) is 0 Å². The normalized spacial score (nSPS) is 11.2. The summed E-state index contributed by atoms with van der Waals surface area (Å²) in [7, 11) is 0. The van der Waals surface area contributed by atoms with Crippen molar-refractivity contribution in [2.45, 2.75) is 11.9 Å². The number of nitrogen functional groups attached to an aromatic ring is 2. The molecule has 2 rings (SSSR count). The summed E-state index contributed by atoms with van der Waals surface area (Å²) in [4.78, 5) is 16.3. The van der Waals surface area contributed by atoms with Crippen molar-refractivity contribution >= 4 is 29.1 Å². The minimum atomic E-state index is -0.595. The molecule has 0 saturated heterocycles. The highest BCUT2D eigenvalue weighted by Gasteiger charge is 2.14. The predicted octanol–water partition coefficient (Wildman–Crippen LogP) is 1.27. The van der Waals surface area contributed by atoms with Gasteiger partial charge < -0.3 is 11.5 Å². The zero-order chi connectivity index (χ0) is 16.3. The Bertz CT molecular complexity index is 849. The predicted molar refractivity (Wildman–Crippen MR) is 87.9 cm³/mol. The van der Waals surface area contributed by atoms with Gasteiger partial charge in [-0.2, -0.15) is 15.0 Å². The fourth-order valence-corrected chi connectivity index (χ4v) is 2.34. The Morgan fingerprint density at radius 2 is 2.18 bits per heavy atom. The van der Waals surface area contributed by atoms with Crippen LogP contribution in [0.15, 0.2) is 39.2 Å². The van der Waals surface area contributed by atoms with Gasteiger partial charge in [-0.25, -0.2) is 4.98 Å². The van der Waals surface area contributed by atoms with Gasteiger partial charge in [0.15, 0.2) is 5.56 Å². The molecule has 0 aliphatic carbocycles. The summed E-state index contributed by atoms with van der Waals surface area (Å²) in [6, 6.07) is 8.92. The van der Waals surface area contributed by atoms with Crippen molar-refractivity contribution in [2.24, 2.45) is 5.10 Å². The van der Waals surface area contributed by atoms with Crippen LogP contribution in [-0.2, 0) is 0 Å². The van der Waals surface area contributed by atoms with Gasteiger partial charge in [-0.05, 0) is 30.9 Å². The standard InChI is InChI=1S/C14H14N6OS/c1-8(9-4-3-5-10(16)6-9)19-20-13(21)11(7-15)12(22-2)18-14(20)17/h3-6H,16H2,1-2H3,(H2,17,18)/b19-8+. The summed E-state index contributed by atoms with van der Waals surface area (Å²) in [6.45, 7) is 1.72. The van der Waals surface area contributed by atoms with Crippen molar-refractivity contribution in [3.63, 3.8) is 0 Å². The molecule has 1 aromatic heterocycles. The molecular weight excluding hydrogens is 300 g/mol. The molecule has 8 heteroatoms. The number of nitrogens with two attached hydrogens (primary N) is 2. The lowest BCUT2D eigenvalue weighted by Gasteiger charge is -2.08. The maximum atomic E-state index is 12.3. The van der Waals surface area contributed by atoms with Gasteiger partial charge in [0.25, 0.3) is 5.56 Å². The Hall–Kier alpha value is -2.79. The third-order valence-electron chi connectivity index (χ3n) is 2.91. The maximum absolute atomic E-state index is 12.3. The number of hydrogen-bond donors (Lipinski definition) is 2. The van der Waals surface area contributed by atoms with Crippen LogP contribution in [-0.4, -0.2) is 21.6 Å². The van der Waals surface area contributed by atoms with Crippen molar-refractivity contribution in [3.8, 4) is 6.07 Å². The van der Waals surface area contributed by atoms with E-state index in [1.165, 1.54) is 11.8 Å². The average molecular weight is 314 g/mol. The smallest absolute Gasteiger partial charge is 0.294 e. The first-order valence-electron chi connectivity index (χ1n) is 6.26. The first kappa shape index (κ1) is 15.6. The lowest BCUT2D eigenvalue weighted by atomic mass is 10.1. The molecule has 0 bridgehead atoms. The number of hydrogen-bond acceptors (Lipinski definition) is 7. The van der Waals surface area contributed by atoms with Crippen LogP contribution in [0.1, 0.15) is 18.1 Å². The number of thioether (sulfide) groups is 1. The third-order valence-corrected chi connectivity index (χ3v) is 3.59. The van der Waals surface area contributed by atoms with Crippen LogP contribution in [0.25, 0.3) is 0 Å². The molecule has 22 heavy (non-hydrogen) atoms. The number of anilines is 2. The molecule has 1 aromatic carbocycles. The van der Waals surface area contributed by atoms with Gasteiger partial charge in [0.2, 0.25) is 5.95 Å². The second kappa shape index (κ2) is 6.32. The zero-order valence-electron chi connectivity index (χ0n) is 12.1. The first-order valence-corrected chi connectivity index (χ1v) is 7.48. The lowest BCUT2D eigenvalue weighted by Crippen LogP contribution is -2.25. The van der Waals surface area contributed by atoms with E-state index >= 15 is 0 Å². The van der Waals surface area contributed by atoms with Crippen LogP contribution in [0.3, 0.4) is 0 Å². The molecule has 0 spiro atoms. The Morgan fingerprint density at radius 1 is 1.45 bits per heavy atom. The van der Waals surface area contributed by atoms with Crippen molar-refractivity contribution in [2.75, 3.05) is 17.7 Å².